The fourth-order valence-electron chi connectivity index (χ4n) is 8.07. The van der Waals surface area contributed by atoms with Crippen LogP contribution in [-0.4, -0.2) is 66.0 Å². The van der Waals surface area contributed by atoms with Crippen LogP contribution in [0.5, 0.6) is 0 Å². The number of benzene rings is 1. The minimum atomic E-state index is -0.637. The van der Waals surface area contributed by atoms with Gasteiger partial charge in [-0.05, 0) is 82.4 Å². The summed E-state index contributed by atoms with van der Waals surface area (Å²) >= 11 is 6.65. The van der Waals surface area contributed by atoms with E-state index in [0.717, 1.165) is 47.8 Å². The molecule has 0 unspecified atom stereocenters. The fourth-order valence-corrected chi connectivity index (χ4v) is 8.36. The van der Waals surface area contributed by atoms with E-state index >= 15 is 0 Å². The van der Waals surface area contributed by atoms with Crippen molar-refractivity contribution in [2.75, 3.05) is 12.3 Å². The predicted octanol–water partition coefficient (Wildman–Crippen LogP) is 7.04. The van der Waals surface area contributed by atoms with E-state index in [4.69, 9.17) is 31.8 Å². The van der Waals surface area contributed by atoms with Gasteiger partial charge in [-0.15, -0.1) is 0 Å². The molecule has 3 fully saturated rings. The van der Waals surface area contributed by atoms with Crippen LogP contribution in [0.15, 0.2) is 30.7 Å². The molecule has 1 saturated heterocycles. The molecule has 7 rings (SSSR count). The number of aromatic nitrogens is 5. The highest BCUT2D eigenvalue weighted by Gasteiger charge is 2.55. The van der Waals surface area contributed by atoms with Gasteiger partial charge in [-0.3, -0.25) is 4.90 Å². The SMILES string of the molecule is CC(C)N(C[C@H]1C[C@@H](n2cc(Cl)c3c(N)ncnc32)[C@@H]2OC(C)(C)O[C@H]12)C1CC(CCc2nc3ccc(C(C)(C)C)cc3[nH]2)C1. The summed E-state index contributed by atoms with van der Waals surface area (Å²) in [5.41, 5.74) is 10.6. The van der Waals surface area contributed by atoms with Gasteiger partial charge in [0, 0.05) is 37.2 Å². The summed E-state index contributed by atoms with van der Waals surface area (Å²) in [6.07, 6.45) is 8.92. The van der Waals surface area contributed by atoms with Gasteiger partial charge in [0.1, 0.15) is 29.7 Å². The molecule has 3 aromatic heterocycles. The van der Waals surface area contributed by atoms with Crippen molar-refractivity contribution in [1.82, 2.24) is 29.4 Å². The normalized spacial score (nSPS) is 28.0. The number of nitrogen functional groups attached to an aromatic ring is 1. The van der Waals surface area contributed by atoms with Crippen LogP contribution in [0.4, 0.5) is 5.82 Å². The van der Waals surface area contributed by atoms with Crippen molar-refractivity contribution in [2.24, 2.45) is 11.8 Å². The molecule has 1 aromatic carbocycles. The molecule has 1 aliphatic heterocycles. The second-order valence-corrected chi connectivity index (χ2v) is 15.9. The van der Waals surface area contributed by atoms with Gasteiger partial charge in [0.05, 0.1) is 33.6 Å². The number of halogens is 1. The number of H-pyrrole nitrogens is 1. The maximum Gasteiger partial charge on any atom is 0.163 e. The molecule has 0 amide bonds. The van der Waals surface area contributed by atoms with E-state index in [2.05, 4.69) is 77.2 Å². The van der Waals surface area contributed by atoms with Crippen molar-refractivity contribution in [2.45, 2.75) is 122 Å². The predicted molar refractivity (Wildman–Crippen MR) is 179 cm³/mol. The zero-order chi connectivity index (χ0) is 31.8. The third kappa shape index (κ3) is 5.75. The molecule has 4 heterocycles. The Morgan fingerprint density at radius 3 is 2.62 bits per heavy atom. The summed E-state index contributed by atoms with van der Waals surface area (Å²) in [4.78, 5) is 19.9. The Morgan fingerprint density at radius 1 is 1.13 bits per heavy atom. The van der Waals surface area contributed by atoms with Crippen molar-refractivity contribution in [3.05, 3.63) is 47.1 Å². The Balaban J connectivity index is 1.02. The molecule has 4 aromatic rings. The largest absolute Gasteiger partial charge is 0.383 e. The molecular formula is C35H48ClN7O2. The third-order valence-corrected chi connectivity index (χ3v) is 10.8. The first-order chi connectivity index (χ1) is 21.3. The average molecular weight is 634 g/mol. The Morgan fingerprint density at radius 2 is 1.89 bits per heavy atom. The fraction of sp³-hybridized carbons (Fsp3) is 0.629. The van der Waals surface area contributed by atoms with E-state index in [1.54, 1.807) is 0 Å². The minimum absolute atomic E-state index is 0.00409. The molecule has 2 aliphatic carbocycles. The highest BCUT2D eigenvalue weighted by atomic mass is 35.5. The van der Waals surface area contributed by atoms with Crippen LogP contribution in [0.3, 0.4) is 0 Å². The number of nitrogens with one attached hydrogen (secondary N) is 1. The first kappa shape index (κ1) is 30.9. The van der Waals surface area contributed by atoms with Crippen molar-refractivity contribution < 1.29 is 9.47 Å². The van der Waals surface area contributed by atoms with Crippen molar-refractivity contribution in [1.29, 1.82) is 0 Å². The van der Waals surface area contributed by atoms with Gasteiger partial charge in [-0.1, -0.05) is 38.4 Å². The smallest absolute Gasteiger partial charge is 0.163 e. The van der Waals surface area contributed by atoms with Crippen LogP contribution >= 0.6 is 11.6 Å². The molecule has 0 bridgehead atoms. The first-order valence-electron chi connectivity index (χ1n) is 16.6. The van der Waals surface area contributed by atoms with Crippen LogP contribution in [0.2, 0.25) is 5.02 Å². The number of hydrogen-bond donors (Lipinski definition) is 2. The number of aryl methyl sites for hydroxylation is 1. The second kappa shape index (κ2) is 11.2. The molecule has 0 radical (unpaired) electrons. The van der Waals surface area contributed by atoms with Crippen molar-refractivity contribution in [3.8, 4) is 0 Å². The van der Waals surface area contributed by atoms with E-state index in [0.29, 0.717) is 34.2 Å². The van der Waals surface area contributed by atoms with E-state index < -0.39 is 5.79 Å². The lowest BCUT2D eigenvalue weighted by Crippen LogP contribution is -2.51. The molecule has 45 heavy (non-hydrogen) atoms. The average Bonchev–Trinajstić information content (AvgIpc) is 3.66. The van der Waals surface area contributed by atoms with Crippen LogP contribution < -0.4 is 5.73 Å². The molecule has 3 aliphatic rings. The van der Waals surface area contributed by atoms with Crippen LogP contribution in [0.25, 0.3) is 22.1 Å². The molecule has 3 N–H and O–H groups in total. The molecule has 4 atom stereocenters. The van der Waals surface area contributed by atoms with Gasteiger partial charge in [-0.2, -0.15) is 0 Å². The van der Waals surface area contributed by atoms with E-state index in [-0.39, 0.29) is 23.7 Å². The maximum absolute atomic E-state index is 6.65. The maximum atomic E-state index is 6.65. The molecular weight excluding hydrogens is 586 g/mol. The van der Waals surface area contributed by atoms with Crippen LogP contribution in [0.1, 0.15) is 91.6 Å². The van der Waals surface area contributed by atoms with Gasteiger partial charge in [0.2, 0.25) is 0 Å². The summed E-state index contributed by atoms with van der Waals surface area (Å²) in [5, 5.41) is 1.28. The number of aromatic amines is 1. The Kier molecular flexibility index (Phi) is 7.70. The molecule has 2 saturated carbocycles. The zero-order valence-electron chi connectivity index (χ0n) is 27.7. The van der Waals surface area contributed by atoms with Crippen LogP contribution in [0, 0.1) is 11.8 Å². The molecule has 242 valence electrons. The van der Waals surface area contributed by atoms with Gasteiger partial charge in [0.25, 0.3) is 0 Å². The summed E-state index contributed by atoms with van der Waals surface area (Å²) in [5.74, 6) is 1.92. The lowest BCUT2D eigenvalue weighted by molar-refractivity contribution is -0.161. The highest BCUT2D eigenvalue weighted by Crippen LogP contribution is 2.49. The van der Waals surface area contributed by atoms with Crippen molar-refractivity contribution >= 4 is 39.5 Å². The number of fused-ring (bicyclic) bond motifs is 3. The van der Waals surface area contributed by atoms with Gasteiger partial charge in [0.15, 0.2) is 5.79 Å². The summed E-state index contributed by atoms with van der Waals surface area (Å²) < 4.78 is 15.3. The number of hydrogen-bond acceptors (Lipinski definition) is 7. The van der Waals surface area contributed by atoms with Crippen LogP contribution in [-0.2, 0) is 21.3 Å². The number of nitrogens with two attached hydrogens (primary N) is 1. The Bertz CT molecular complexity index is 1700. The number of rotatable bonds is 8. The van der Waals surface area contributed by atoms with Gasteiger partial charge in [-0.25, -0.2) is 15.0 Å². The standard InChI is InChI=1S/C35H48ClN7O2/c1-19(2)42(23-12-20(13-23)8-11-28-40-25-10-9-22(34(3,4)5)15-26(25)41-28)16-21-14-27(31-30(21)44-35(6,7)45-31)43-17-24(36)29-32(37)38-18-39-33(29)43/h9-10,15,17-21,23,27,30-31H,8,11-14,16H2,1-7H3,(H,40,41)(H2,37,38,39)/t20?,21-,23?,27-,30-,31+/m1/s1. The Labute approximate surface area is 271 Å². The van der Waals surface area contributed by atoms with Gasteiger partial charge < -0.3 is 24.8 Å². The summed E-state index contributed by atoms with van der Waals surface area (Å²) in [7, 11) is 0. The van der Waals surface area contributed by atoms with Crippen molar-refractivity contribution in [3.63, 3.8) is 0 Å². The topological polar surface area (TPSA) is 107 Å². The number of nitrogens with zero attached hydrogens (tertiary/aromatic N) is 5. The van der Waals surface area contributed by atoms with E-state index in [1.807, 2.05) is 20.0 Å². The number of anilines is 1. The first-order valence-corrected chi connectivity index (χ1v) is 17.0. The lowest BCUT2D eigenvalue weighted by Gasteiger charge is -2.46. The minimum Gasteiger partial charge on any atom is -0.383 e. The van der Waals surface area contributed by atoms with E-state index in [9.17, 15) is 0 Å². The molecule has 9 nitrogen and oxygen atoms in total. The molecule has 0 spiro atoms. The summed E-state index contributed by atoms with van der Waals surface area (Å²) in [6.45, 7) is 16.4. The quantitative estimate of drug-likeness (QED) is 0.214. The highest BCUT2D eigenvalue weighted by molar-refractivity contribution is 6.36. The molecule has 10 heteroatoms. The van der Waals surface area contributed by atoms with E-state index in [1.165, 1.54) is 31.2 Å². The van der Waals surface area contributed by atoms with Gasteiger partial charge >= 0.3 is 0 Å². The second-order valence-electron chi connectivity index (χ2n) is 15.5. The number of ether oxygens (including phenoxy) is 2. The zero-order valence-corrected chi connectivity index (χ0v) is 28.4. The Hall–Kier alpha value is -2.72. The number of imidazole rings is 1. The lowest BCUT2D eigenvalue weighted by atomic mass is 9.76. The monoisotopic (exact) mass is 633 g/mol. The summed E-state index contributed by atoms with van der Waals surface area (Å²) in [6, 6.07) is 7.72. The third-order valence-electron chi connectivity index (χ3n) is 10.5.